The molecule has 0 bridgehead atoms. The first-order valence-corrected chi connectivity index (χ1v) is 9.12. The van der Waals surface area contributed by atoms with Gasteiger partial charge in [-0.3, -0.25) is 0 Å². The highest BCUT2D eigenvalue weighted by Crippen LogP contribution is 2.55. The SMILES string of the molecule is CCCCSP(O)(=S)CCCC. The Morgan fingerprint density at radius 3 is 2.33 bits per heavy atom. The average molecular weight is 226 g/mol. The fraction of sp³-hybridized carbons (Fsp3) is 1.00. The van der Waals surface area contributed by atoms with Crippen LogP contribution in [0.3, 0.4) is 0 Å². The van der Waals surface area contributed by atoms with E-state index in [9.17, 15) is 4.89 Å². The Morgan fingerprint density at radius 2 is 1.83 bits per heavy atom. The molecule has 0 radical (unpaired) electrons. The Kier molecular flexibility index (Phi) is 7.96. The minimum absolute atomic E-state index is 0.854. The van der Waals surface area contributed by atoms with Gasteiger partial charge in [0.2, 0.25) is 0 Å². The molecule has 1 unspecified atom stereocenters. The molecule has 0 rings (SSSR count). The van der Waals surface area contributed by atoms with E-state index in [0.717, 1.165) is 24.8 Å². The first-order valence-electron chi connectivity index (χ1n) is 4.58. The van der Waals surface area contributed by atoms with Gasteiger partial charge in [0, 0.05) is 11.9 Å². The molecular formula is C8H19OPS2. The molecule has 0 fully saturated rings. The largest absolute Gasteiger partial charge is 0.357 e. The van der Waals surface area contributed by atoms with Crippen LogP contribution in [0.25, 0.3) is 0 Å². The summed E-state index contributed by atoms with van der Waals surface area (Å²) in [4.78, 5) is 9.76. The smallest absolute Gasteiger partial charge is 0.116 e. The first-order chi connectivity index (χ1) is 5.62. The number of hydrogen-bond acceptors (Lipinski definition) is 2. The molecule has 0 spiro atoms. The van der Waals surface area contributed by atoms with Gasteiger partial charge in [0.25, 0.3) is 0 Å². The van der Waals surface area contributed by atoms with E-state index >= 15 is 0 Å². The van der Waals surface area contributed by atoms with Crippen LogP contribution in [0.4, 0.5) is 0 Å². The molecule has 74 valence electrons. The molecule has 0 aromatic heterocycles. The third-order valence-electron chi connectivity index (χ3n) is 1.59. The minimum atomic E-state index is -1.99. The number of rotatable bonds is 7. The van der Waals surface area contributed by atoms with Crippen molar-refractivity contribution in [2.45, 2.75) is 39.5 Å². The van der Waals surface area contributed by atoms with Crippen LogP contribution < -0.4 is 0 Å². The lowest BCUT2D eigenvalue weighted by Crippen LogP contribution is -1.86. The van der Waals surface area contributed by atoms with Crippen molar-refractivity contribution in [2.75, 3.05) is 11.9 Å². The zero-order valence-corrected chi connectivity index (χ0v) is 10.5. The molecule has 1 atom stereocenters. The van der Waals surface area contributed by atoms with E-state index in [1.54, 1.807) is 11.4 Å². The van der Waals surface area contributed by atoms with Crippen LogP contribution in [0.15, 0.2) is 0 Å². The van der Waals surface area contributed by atoms with Crippen molar-refractivity contribution in [3.05, 3.63) is 0 Å². The molecule has 0 saturated heterocycles. The van der Waals surface area contributed by atoms with Crippen LogP contribution in [0.1, 0.15) is 39.5 Å². The van der Waals surface area contributed by atoms with Gasteiger partial charge in [-0.25, -0.2) is 0 Å². The summed E-state index contributed by atoms with van der Waals surface area (Å²) in [6.45, 7) is 4.29. The molecule has 0 aromatic rings. The predicted molar refractivity (Wildman–Crippen MR) is 63.6 cm³/mol. The molecular weight excluding hydrogens is 207 g/mol. The monoisotopic (exact) mass is 226 g/mol. The van der Waals surface area contributed by atoms with Crippen LogP contribution in [-0.4, -0.2) is 16.8 Å². The Labute approximate surface area is 85.2 Å². The van der Waals surface area contributed by atoms with Gasteiger partial charge in [-0.1, -0.05) is 49.9 Å². The Morgan fingerprint density at radius 1 is 1.25 bits per heavy atom. The predicted octanol–water partition coefficient (Wildman–Crippen LogP) is 3.62. The van der Waals surface area contributed by atoms with E-state index in [0.29, 0.717) is 0 Å². The van der Waals surface area contributed by atoms with Crippen LogP contribution in [-0.2, 0) is 11.8 Å². The van der Waals surface area contributed by atoms with Crippen LogP contribution >= 0.6 is 16.8 Å². The van der Waals surface area contributed by atoms with Gasteiger partial charge in [-0.2, -0.15) is 0 Å². The zero-order chi connectivity index (χ0) is 9.45. The van der Waals surface area contributed by atoms with Gasteiger partial charge >= 0.3 is 0 Å². The van der Waals surface area contributed by atoms with Gasteiger partial charge in [0.1, 0.15) is 5.47 Å². The topological polar surface area (TPSA) is 20.2 Å². The third kappa shape index (κ3) is 7.60. The maximum atomic E-state index is 9.76. The van der Waals surface area contributed by atoms with Gasteiger partial charge in [-0.15, -0.1) is 0 Å². The van der Waals surface area contributed by atoms with Crippen molar-refractivity contribution in [1.29, 1.82) is 0 Å². The van der Waals surface area contributed by atoms with Crippen molar-refractivity contribution in [2.24, 2.45) is 0 Å². The van der Waals surface area contributed by atoms with Crippen LogP contribution in [0.2, 0.25) is 0 Å². The molecule has 1 N–H and O–H groups in total. The molecule has 0 amide bonds. The Hall–Kier alpha value is 0.960. The van der Waals surface area contributed by atoms with Crippen LogP contribution in [0, 0.1) is 0 Å². The Bertz CT molecular complexity index is 150. The Balaban J connectivity index is 3.49. The second-order valence-corrected chi connectivity index (χ2v) is 10.4. The van der Waals surface area contributed by atoms with Crippen molar-refractivity contribution in [3.8, 4) is 0 Å². The second kappa shape index (κ2) is 7.37. The molecule has 0 aromatic carbocycles. The van der Waals surface area contributed by atoms with E-state index in [-0.39, 0.29) is 0 Å². The number of unbranched alkanes of at least 4 members (excludes halogenated alkanes) is 2. The summed E-state index contributed by atoms with van der Waals surface area (Å²) in [6.07, 6.45) is 5.43. The maximum absolute atomic E-state index is 9.76. The summed E-state index contributed by atoms with van der Waals surface area (Å²) in [5.41, 5.74) is -1.99. The fourth-order valence-corrected chi connectivity index (χ4v) is 5.40. The first kappa shape index (κ1) is 13.0. The maximum Gasteiger partial charge on any atom is 0.116 e. The second-order valence-electron chi connectivity index (χ2n) is 2.90. The molecule has 0 aliphatic carbocycles. The standard InChI is InChI=1S/C8H19OPS2/c1-3-5-7-10(9,11)12-8-6-4-2/h3-8H2,1-2H3,(H,9,11). The van der Waals surface area contributed by atoms with Crippen molar-refractivity contribution in [1.82, 2.24) is 0 Å². The molecule has 0 aliphatic heterocycles. The zero-order valence-electron chi connectivity index (χ0n) is 7.95. The third-order valence-corrected chi connectivity index (χ3v) is 7.14. The van der Waals surface area contributed by atoms with E-state index in [2.05, 4.69) is 13.8 Å². The highest BCUT2D eigenvalue weighted by molar-refractivity contribution is 8.69. The number of hydrogen-bond donors (Lipinski definition) is 1. The average Bonchev–Trinajstić information content (AvgIpc) is 2.01. The molecule has 0 heterocycles. The molecule has 1 nitrogen and oxygen atoms in total. The lowest BCUT2D eigenvalue weighted by Gasteiger charge is -2.13. The summed E-state index contributed by atoms with van der Waals surface area (Å²) in [7, 11) is 0. The van der Waals surface area contributed by atoms with Gasteiger partial charge in [0.05, 0.1) is 0 Å². The fourth-order valence-electron chi connectivity index (χ4n) is 0.774. The van der Waals surface area contributed by atoms with Gasteiger partial charge in [0.15, 0.2) is 0 Å². The highest BCUT2D eigenvalue weighted by Gasteiger charge is 2.11. The van der Waals surface area contributed by atoms with Gasteiger partial charge < -0.3 is 4.89 Å². The van der Waals surface area contributed by atoms with E-state index in [1.165, 1.54) is 12.8 Å². The quantitative estimate of drug-likeness (QED) is 0.529. The van der Waals surface area contributed by atoms with Crippen LogP contribution in [0.5, 0.6) is 0 Å². The van der Waals surface area contributed by atoms with Crippen molar-refractivity contribution >= 4 is 28.7 Å². The minimum Gasteiger partial charge on any atom is -0.357 e. The summed E-state index contributed by atoms with van der Waals surface area (Å²) < 4.78 is 0. The molecule has 0 saturated carbocycles. The lowest BCUT2D eigenvalue weighted by atomic mass is 10.4. The molecule has 12 heavy (non-hydrogen) atoms. The summed E-state index contributed by atoms with van der Waals surface area (Å²) in [6, 6.07) is 0. The van der Waals surface area contributed by atoms with Crippen molar-refractivity contribution < 1.29 is 4.89 Å². The molecule has 0 aliphatic rings. The molecule has 4 heteroatoms. The van der Waals surface area contributed by atoms with E-state index < -0.39 is 5.47 Å². The summed E-state index contributed by atoms with van der Waals surface area (Å²) in [5.74, 6) is 1.04. The highest BCUT2D eigenvalue weighted by atomic mass is 32.9. The van der Waals surface area contributed by atoms with Gasteiger partial charge in [-0.05, 0) is 12.8 Å². The van der Waals surface area contributed by atoms with E-state index in [4.69, 9.17) is 11.8 Å². The normalized spacial score (nSPS) is 15.9. The summed E-state index contributed by atoms with van der Waals surface area (Å²) >= 11 is 6.78. The van der Waals surface area contributed by atoms with Crippen molar-refractivity contribution in [3.63, 3.8) is 0 Å². The lowest BCUT2D eigenvalue weighted by molar-refractivity contribution is 0.633. The van der Waals surface area contributed by atoms with E-state index in [1.807, 2.05) is 0 Å². The summed E-state index contributed by atoms with van der Waals surface area (Å²) in [5, 5.41) is 0.